The average molecular weight is 397 g/mol. The van der Waals surface area contributed by atoms with Gasteiger partial charge < -0.3 is 4.42 Å². The van der Waals surface area contributed by atoms with Gasteiger partial charge in [0.1, 0.15) is 5.76 Å². The van der Waals surface area contributed by atoms with Crippen LogP contribution >= 0.6 is 0 Å². The summed E-state index contributed by atoms with van der Waals surface area (Å²) in [6.45, 7) is 3.40. The molecule has 0 aliphatic carbocycles. The Kier molecular flexibility index (Phi) is 5.60. The second-order valence-electron chi connectivity index (χ2n) is 6.03. The van der Waals surface area contributed by atoms with Gasteiger partial charge in [-0.15, -0.1) is 0 Å². The van der Waals surface area contributed by atoms with Crippen LogP contribution in [-0.4, -0.2) is 20.0 Å². The van der Waals surface area contributed by atoms with Crippen molar-refractivity contribution >= 4 is 27.3 Å². The van der Waals surface area contributed by atoms with Crippen LogP contribution in [0.5, 0.6) is 0 Å². The van der Waals surface area contributed by atoms with E-state index in [1.54, 1.807) is 62.4 Å². The molecule has 0 unspecified atom stereocenters. The van der Waals surface area contributed by atoms with Crippen LogP contribution in [0.1, 0.15) is 28.6 Å². The third-order valence-corrected chi connectivity index (χ3v) is 5.41. The quantitative estimate of drug-likeness (QED) is 0.491. The number of hydrogen-bond donors (Lipinski definition) is 2. The van der Waals surface area contributed by atoms with Gasteiger partial charge in [-0.25, -0.2) is 13.8 Å². The first-order valence-electron chi connectivity index (χ1n) is 8.44. The molecule has 1 heterocycles. The maximum atomic E-state index is 12.5. The normalized spacial score (nSPS) is 11.9. The van der Waals surface area contributed by atoms with E-state index in [-0.39, 0.29) is 10.8 Å². The molecule has 2 aromatic carbocycles. The van der Waals surface area contributed by atoms with E-state index in [0.717, 1.165) is 0 Å². The minimum Gasteiger partial charge on any atom is -0.469 e. The molecule has 3 rings (SSSR count). The number of benzene rings is 2. The first-order valence-corrected chi connectivity index (χ1v) is 9.92. The highest BCUT2D eigenvalue weighted by atomic mass is 32.2. The maximum Gasteiger partial charge on any atom is 0.274 e. The van der Waals surface area contributed by atoms with Gasteiger partial charge in [0.25, 0.3) is 15.9 Å². The number of sulfonamides is 1. The summed E-state index contributed by atoms with van der Waals surface area (Å²) in [5.41, 5.74) is 4.46. The second-order valence-corrected chi connectivity index (χ2v) is 7.71. The number of anilines is 1. The minimum atomic E-state index is -3.69. The number of rotatable bonds is 6. The van der Waals surface area contributed by atoms with Crippen molar-refractivity contribution < 1.29 is 17.6 Å². The zero-order chi connectivity index (χ0) is 20.1. The zero-order valence-corrected chi connectivity index (χ0v) is 16.2. The number of aryl methyl sites for hydroxylation is 1. The number of nitrogens with zero attached hydrogens (tertiary/aromatic N) is 1. The van der Waals surface area contributed by atoms with Crippen molar-refractivity contribution in [2.45, 2.75) is 18.7 Å². The van der Waals surface area contributed by atoms with Crippen molar-refractivity contribution in [2.75, 3.05) is 4.72 Å². The molecular weight excluding hydrogens is 378 g/mol. The van der Waals surface area contributed by atoms with E-state index in [4.69, 9.17) is 4.42 Å². The number of furan rings is 1. The van der Waals surface area contributed by atoms with E-state index in [0.29, 0.717) is 28.3 Å². The summed E-state index contributed by atoms with van der Waals surface area (Å²) in [7, 11) is -3.69. The molecule has 144 valence electrons. The lowest BCUT2D eigenvalue weighted by atomic mass is 10.1. The van der Waals surface area contributed by atoms with Crippen LogP contribution < -0.4 is 10.1 Å². The zero-order valence-electron chi connectivity index (χ0n) is 15.3. The monoisotopic (exact) mass is 397 g/mol. The number of carbonyl (C=O) groups is 1. The maximum absolute atomic E-state index is 12.5. The largest absolute Gasteiger partial charge is 0.469 e. The number of amides is 1. The molecule has 0 saturated heterocycles. The summed E-state index contributed by atoms with van der Waals surface area (Å²) in [5, 5.41) is 4.09. The molecule has 0 saturated carbocycles. The van der Waals surface area contributed by atoms with Gasteiger partial charge in [-0.2, -0.15) is 5.10 Å². The first kappa shape index (κ1) is 19.4. The highest BCUT2D eigenvalue weighted by Gasteiger charge is 2.14. The molecule has 3 aromatic rings. The van der Waals surface area contributed by atoms with E-state index in [1.165, 1.54) is 18.4 Å². The van der Waals surface area contributed by atoms with Gasteiger partial charge in [0.05, 0.1) is 22.4 Å². The molecule has 0 fully saturated rings. The summed E-state index contributed by atoms with van der Waals surface area (Å²) < 4.78 is 32.6. The van der Waals surface area contributed by atoms with Gasteiger partial charge in [-0.1, -0.05) is 30.3 Å². The third-order valence-electron chi connectivity index (χ3n) is 4.01. The lowest BCUT2D eigenvalue weighted by molar-refractivity contribution is 0.0953. The van der Waals surface area contributed by atoms with Crippen LogP contribution in [0.2, 0.25) is 0 Å². The van der Waals surface area contributed by atoms with E-state index >= 15 is 0 Å². The molecular formula is C20H19N3O4S. The van der Waals surface area contributed by atoms with Gasteiger partial charge in [-0.05, 0) is 49.7 Å². The topological polar surface area (TPSA) is 101 Å². The number of hydrazone groups is 1. The Hall–Kier alpha value is -3.39. The van der Waals surface area contributed by atoms with Crippen molar-refractivity contribution in [1.82, 2.24) is 5.43 Å². The third kappa shape index (κ3) is 4.47. The molecule has 0 aliphatic heterocycles. The number of nitrogens with one attached hydrogen (secondary N) is 2. The molecule has 0 atom stereocenters. The number of hydrogen-bond acceptors (Lipinski definition) is 5. The summed E-state index contributed by atoms with van der Waals surface area (Å²) in [5.74, 6) is 0.120. The smallest absolute Gasteiger partial charge is 0.274 e. The van der Waals surface area contributed by atoms with Gasteiger partial charge >= 0.3 is 0 Å². The summed E-state index contributed by atoms with van der Waals surface area (Å²) in [4.78, 5) is 12.3. The Morgan fingerprint density at radius 2 is 1.79 bits per heavy atom. The fraction of sp³-hybridized carbons (Fsp3) is 0.100. The van der Waals surface area contributed by atoms with Gasteiger partial charge in [-0.3, -0.25) is 9.52 Å². The summed E-state index contributed by atoms with van der Waals surface area (Å²) in [6, 6.07) is 16.4. The minimum absolute atomic E-state index is 0.175. The molecule has 0 aliphatic rings. The summed E-state index contributed by atoms with van der Waals surface area (Å²) in [6.07, 6.45) is 1.43. The molecule has 28 heavy (non-hydrogen) atoms. The lowest BCUT2D eigenvalue weighted by Gasteiger charge is -2.09. The van der Waals surface area contributed by atoms with Gasteiger partial charge in [0.15, 0.2) is 0 Å². The van der Waals surface area contributed by atoms with E-state index in [9.17, 15) is 13.2 Å². The predicted molar refractivity (Wildman–Crippen MR) is 107 cm³/mol. The van der Waals surface area contributed by atoms with Crippen LogP contribution in [0.3, 0.4) is 0 Å². The van der Waals surface area contributed by atoms with Gasteiger partial charge in [0.2, 0.25) is 0 Å². The molecule has 1 amide bonds. The Balaban J connectivity index is 1.75. The first-order chi connectivity index (χ1) is 13.4. The fourth-order valence-corrected chi connectivity index (χ4v) is 3.57. The van der Waals surface area contributed by atoms with Crippen molar-refractivity contribution in [1.29, 1.82) is 0 Å². The van der Waals surface area contributed by atoms with Crippen molar-refractivity contribution in [3.8, 4) is 0 Å². The van der Waals surface area contributed by atoms with Gasteiger partial charge in [0, 0.05) is 5.69 Å². The Bertz CT molecular complexity index is 1120. The van der Waals surface area contributed by atoms with Crippen molar-refractivity contribution in [3.63, 3.8) is 0 Å². The van der Waals surface area contributed by atoms with Crippen LogP contribution in [0.25, 0.3) is 0 Å². The molecule has 8 heteroatoms. The van der Waals surface area contributed by atoms with E-state index in [2.05, 4.69) is 15.2 Å². The van der Waals surface area contributed by atoms with Crippen LogP contribution in [0.4, 0.5) is 5.69 Å². The van der Waals surface area contributed by atoms with Crippen LogP contribution in [0.15, 0.2) is 81.3 Å². The van der Waals surface area contributed by atoms with Crippen LogP contribution in [-0.2, 0) is 10.0 Å². The molecule has 0 spiro atoms. The summed E-state index contributed by atoms with van der Waals surface area (Å²) >= 11 is 0. The molecule has 7 nitrogen and oxygen atoms in total. The highest BCUT2D eigenvalue weighted by molar-refractivity contribution is 7.92. The average Bonchev–Trinajstić information content (AvgIpc) is 3.12. The van der Waals surface area contributed by atoms with E-state index in [1.807, 2.05) is 0 Å². The Labute approximate surface area is 163 Å². The standard InChI is InChI=1S/C20H19N3O4S/c1-14(21-22-20(24)19-11-12-27-15(19)2)16-7-6-8-17(13-16)23-28(25,26)18-9-4-3-5-10-18/h3-13,23H,1-2H3,(H,22,24)/b21-14-. The SMILES string of the molecule is C/C(=N/NC(=O)c1ccoc1C)c1cccc(NS(=O)(=O)c2ccccc2)c1. The van der Waals surface area contributed by atoms with Crippen LogP contribution in [0, 0.1) is 6.92 Å². The Morgan fingerprint density at radius 1 is 1.04 bits per heavy atom. The number of carbonyl (C=O) groups excluding carboxylic acids is 1. The second kappa shape index (κ2) is 8.10. The molecule has 0 bridgehead atoms. The Morgan fingerprint density at radius 3 is 2.46 bits per heavy atom. The highest BCUT2D eigenvalue weighted by Crippen LogP contribution is 2.17. The molecule has 1 aromatic heterocycles. The lowest BCUT2D eigenvalue weighted by Crippen LogP contribution is -2.19. The molecule has 2 N–H and O–H groups in total. The van der Waals surface area contributed by atoms with E-state index < -0.39 is 10.0 Å². The molecule has 0 radical (unpaired) electrons. The predicted octanol–water partition coefficient (Wildman–Crippen LogP) is 3.54. The fourth-order valence-electron chi connectivity index (χ4n) is 2.50. The van der Waals surface area contributed by atoms with Crippen molar-refractivity contribution in [2.24, 2.45) is 5.10 Å². The van der Waals surface area contributed by atoms with Crippen molar-refractivity contribution in [3.05, 3.63) is 83.8 Å².